The van der Waals surface area contributed by atoms with Gasteiger partial charge in [-0.25, -0.2) is 12.8 Å². The normalized spacial score (nSPS) is 22.8. The maximum atomic E-state index is 13.7. The van der Waals surface area contributed by atoms with Crippen LogP contribution in [0.5, 0.6) is 11.5 Å². The van der Waals surface area contributed by atoms with Crippen molar-refractivity contribution >= 4 is 33.0 Å². The van der Waals surface area contributed by atoms with Crippen molar-refractivity contribution in [2.45, 2.75) is 60.6 Å². The molecule has 5 rings (SSSR count). The monoisotopic (exact) mass is 612 g/mol. The first-order chi connectivity index (χ1) is 18.8. The van der Waals surface area contributed by atoms with Crippen LogP contribution in [-0.2, 0) is 21.0 Å². The zero-order valence-electron chi connectivity index (χ0n) is 21.3. The zero-order valence-corrected chi connectivity index (χ0v) is 23.6. The standard InChI is InChI=1S/C28H27Cl2FO8S/c1-16-23(38-25(17-6-9-20(31)10-7-17)12-18-5-8-19(29)13-22(18)30)14-21-15-24(16)39-28(34,40(21,35)36)27(32,33)26-4-2-3-11-37-26/h5-10,13-15,25-26,32-34H,2-4,11-12H2,1H3. The molecule has 3 N–H and O–H groups in total. The van der Waals surface area contributed by atoms with Crippen LogP contribution >= 0.6 is 23.2 Å². The molecule has 3 aromatic carbocycles. The summed E-state index contributed by atoms with van der Waals surface area (Å²) < 4.78 is 57.9. The number of rotatable bonds is 7. The van der Waals surface area contributed by atoms with Gasteiger partial charge in [-0.1, -0.05) is 41.4 Å². The van der Waals surface area contributed by atoms with Crippen LogP contribution in [0.25, 0.3) is 0 Å². The Kier molecular flexibility index (Phi) is 7.82. The topological polar surface area (TPSA) is 123 Å². The van der Waals surface area contributed by atoms with Gasteiger partial charge in [0.15, 0.2) is 0 Å². The summed E-state index contributed by atoms with van der Waals surface area (Å²) in [7, 11) is -4.90. The average molecular weight is 613 g/mol. The Morgan fingerprint density at radius 3 is 2.50 bits per heavy atom. The Morgan fingerprint density at radius 1 is 1.12 bits per heavy atom. The lowest BCUT2D eigenvalue weighted by Gasteiger charge is -2.44. The molecule has 0 aliphatic carbocycles. The fraction of sp³-hybridized carbons (Fsp3) is 0.357. The van der Waals surface area contributed by atoms with Gasteiger partial charge >= 0.3 is 5.12 Å². The summed E-state index contributed by atoms with van der Waals surface area (Å²) in [6.07, 6.45) is -0.613. The summed E-state index contributed by atoms with van der Waals surface area (Å²) in [5.41, 5.74) is 1.54. The number of halogens is 3. The van der Waals surface area contributed by atoms with E-state index >= 15 is 0 Å². The molecule has 3 aromatic rings. The lowest BCUT2D eigenvalue weighted by molar-refractivity contribution is -0.348. The maximum absolute atomic E-state index is 13.7. The van der Waals surface area contributed by atoms with Gasteiger partial charge in [0, 0.05) is 28.6 Å². The molecule has 3 atom stereocenters. The molecule has 1 fully saturated rings. The molecule has 2 aliphatic heterocycles. The molecule has 40 heavy (non-hydrogen) atoms. The Morgan fingerprint density at radius 2 is 1.85 bits per heavy atom. The van der Waals surface area contributed by atoms with Gasteiger partial charge < -0.3 is 29.5 Å². The quantitative estimate of drug-likeness (QED) is 0.323. The van der Waals surface area contributed by atoms with Gasteiger partial charge in [0.2, 0.25) is 0 Å². The van der Waals surface area contributed by atoms with E-state index in [4.69, 9.17) is 37.4 Å². The largest absolute Gasteiger partial charge is 0.485 e. The van der Waals surface area contributed by atoms with Crippen LogP contribution in [0.3, 0.4) is 0 Å². The van der Waals surface area contributed by atoms with Crippen molar-refractivity contribution in [1.82, 2.24) is 0 Å². The Balaban J connectivity index is 1.52. The van der Waals surface area contributed by atoms with Crippen LogP contribution in [-0.4, -0.2) is 47.4 Å². The van der Waals surface area contributed by atoms with Gasteiger partial charge in [0.1, 0.15) is 29.5 Å². The van der Waals surface area contributed by atoms with Crippen molar-refractivity contribution in [3.63, 3.8) is 0 Å². The van der Waals surface area contributed by atoms with Crippen LogP contribution in [0.15, 0.2) is 59.5 Å². The molecule has 0 spiro atoms. The van der Waals surface area contributed by atoms with E-state index in [0.717, 1.165) is 0 Å². The molecular formula is C28H27Cl2FO8S. The third-order valence-electron chi connectivity index (χ3n) is 7.23. The molecule has 2 bridgehead atoms. The van der Waals surface area contributed by atoms with Crippen molar-refractivity contribution in [1.29, 1.82) is 0 Å². The number of hydrogen-bond acceptors (Lipinski definition) is 8. The first-order valence-corrected chi connectivity index (χ1v) is 14.8. The summed E-state index contributed by atoms with van der Waals surface area (Å²) in [6, 6.07) is 13.0. The Bertz CT molecular complexity index is 1520. The summed E-state index contributed by atoms with van der Waals surface area (Å²) in [5, 5.41) is 30.5. The second-order valence-corrected chi connectivity index (χ2v) is 12.8. The summed E-state index contributed by atoms with van der Waals surface area (Å²) in [5.74, 6) is -3.76. The van der Waals surface area contributed by atoms with Gasteiger partial charge in [-0.05, 0) is 73.7 Å². The van der Waals surface area contributed by atoms with Gasteiger partial charge in [-0.3, -0.25) is 0 Å². The highest BCUT2D eigenvalue weighted by Gasteiger charge is 2.67. The van der Waals surface area contributed by atoms with Gasteiger partial charge in [0.05, 0.1) is 4.90 Å². The van der Waals surface area contributed by atoms with Gasteiger partial charge in [0.25, 0.3) is 15.6 Å². The number of fused-ring (bicyclic) bond motifs is 2. The van der Waals surface area contributed by atoms with Crippen LogP contribution < -0.4 is 9.47 Å². The van der Waals surface area contributed by atoms with E-state index in [0.29, 0.717) is 34.0 Å². The first-order valence-electron chi connectivity index (χ1n) is 12.6. The van der Waals surface area contributed by atoms with E-state index in [1.807, 2.05) is 0 Å². The predicted molar refractivity (Wildman–Crippen MR) is 145 cm³/mol. The van der Waals surface area contributed by atoms with E-state index < -0.39 is 43.7 Å². The predicted octanol–water partition coefficient (Wildman–Crippen LogP) is 4.87. The smallest absolute Gasteiger partial charge is 0.375 e. The first kappa shape index (κ1) is 29.1. The number of ether oxygens (including phenoxy) is 3. The minimum atomic E-state index is -4.90. The second kappa shape index (κ2) is 10.8. The minimum absolute atomic E-state index is 0.0907. The Hall–Kier alpha value is -2.44. The minimum Gasteiger partial charge on any atom is -0.485 e. The second-order valence-electron chi connectivity index (χ2n) is 9.91. The summed E-state index contributed by atoms with van der Waals surface area (Å²) in [4.78, 5) is -0.442. The highest BCUT2D eigenvalue weighted by molar-refractivity contribution is 7.92. The van der Waals surface area contributed by atoms with Crippen molar-refractivity contribution in [2.24, 2.45) is 0 Å². The van der Waals surface area contributed by atoms with Crippen LogP contribution in [0.2, 0.25) is 10.0 Å². The van der Waals surface area contributed by atoms with E-state index in [1.54, 1.807) is 25.1 Å². The van der Waals surface area contributed by atoms with Crippen molar-refractivity contribution in [2.75, 3.05) is 6.61 Å². The molecule has 2 aliphatic rings. The number of aliphatic hydroxyl groups is 3. The molecule has 0 amide bonds. The molecular weight excluding hydrogens is 586 g/mol. The maximum Gasteiger partial charge on any atom is 0.375 e. The number of benzene rings is 3. The van der Waals surface area contributed by atoms with Crippen molar-refractivity contribution < 1.29 is 42.3 Å². The van der Waals surface area contributed by atoms with Crippen molar-refractivity contribution in [3.8, 4) is 11.5 Å². The molecule has 2 heterocycles. The fourth-order valence-electron chi connectivity index (χ4n) is 4.86. The van der Waals surface area contributed by atoms with Crippen LogP contribution in [0, 0.1) is 12.7 Å². The highest BCUT2D eigenvalue weighted by Crippen LogP contribution is 2.47. The van der Waals surface area contributed by atoms with Gasteiger partial charge in [-0.15, -0.1) is 0 Å². The summed E-state index contributed by atoms with van der Waals surface area (Å²) >= 11 is 12.4. The number of sulfone groups is 1. The van der Waals surface area contributed by atoms with E-state index in [2.05, 4.69) is 0 Å². The lowest BCUT2D eigenvalue weighted by atomic mass is 10.00. The highest BCUT2D eigenvalue weighted by atomic mass is 35.5. The SMILES string of the molecule is Cc1c(OC(Cc2ccc(Cl)cc2Cl)c2ccc(F)cc2)cc2cc1OC(O)(C(O)(O)C1CCCCO1)S2(=O)=O. The Labute approximate surface area is 240 Å². The van der Waals surface area contributed by atoms with E-state index in [1.165, 1.54) is 36.4 Å². The molecule has 12 heteroatoms. The fourth-order valence-corrected chi connectivity index (χ4v) is 6.92. The molecule has 8 nitrogen and oxygen atoms in total. The third kappa shape index (κ3) is 5.07. The molecule has 0 aromatic heterocycles. The zero-order chi connectivity index (χ0) is 28.9. The molecule has 1 saturated heterocycles. The van der Waals surface area contributed by atoms with Crippen LogP contribution in [0.1, 0.15) is 42.1 Å². The van der Waals surface area contributed by atoms with E-state index in [9.17, 15) is 28.1 Å². The van der Waals surface area contributed by atoms with Crippen molar-refractivity contribution in [3.05, 3.63) is 87.2 Å². The third-order valence-corrected chi connectivity index (χ3v) is 9.79. The molecule has 0 saturated carbocycles. The molecule has 3 unspecified atom stereocenters. The molecule has 214 valence electrons. The van der Waals surface area contributed by atoms with Crippen LogP contribution in [0.4, 0.5) is 4.39 Å². The molecule has 0 radical (unpaired) electrons. The number of hydrogen-bond donors (Lipinski definition) is 3. The van der Waals surface area contributed by atoms with E-state index in [-0.39, 0.29) is 36.5 Å². The lowest BCUT2D eigenvalue weighted by Crippen LogP contribution is -2.69. The summed E-state index contributed by atoms with van der Waals surface area (Å²) in [6.45, 7) is 1.74. The average Bonchev–Trinajstić information content (AvgIpc) is 2.91. The van der Waals surface area contributed by atoms with Gasteiger partial charge in [-0.2, -0.15) is 0 Å².